The van der Waals surface area contributed by atoms with Crippen LogP contribution in [-0.2, 0) is 4.74 Å². The molecular weight excluding hydrogens is 273 g/mol. The summed E-state index contributed by atoms with van der Waals surface area (Å²) in [4.78, 5) is 11.5. The van der Waals surface area contributed by atoms with E-state index in [-0.39, 0.29) is 11.6 Å². The molecule has 5 heteroatoms. The van der Waals surface area contributed by atoms with E-state index in [4.69, 9.17) is 4.42 Å². The van der Waals surface area contributed by atoms with Gasteiger partial charge in [0.2, 0.25) is 5.76 Å². The minimum atomic E-state index is -0.554. The average molecular weight is 291 g/mol. The number of halogens is 1. The van der Waals surface area contributed by atoms with E-state index in [0.29, 0.717) is 23.4 Å². The molecule has 4 nitrogen and oxygen atoms in total. The summed E-state index contributed by atoms with van der Waals surface area (Å²) in [6.45, 7) is 4.26. The highest BCUT2D eigenvalue weighted by molar-refractivity contribution is 5.86. The number of methoxy groups -OCH3 is 1. The lowest BCUT2D eigenvalue weighted by atomic mass is 10.0. The van der Waals surface area contributed by atoms with Crippen LogP contribution in [0.4, 0.5) is 4.39 Å². The van der Waals surface area contributed by atoms with Crippen molar-refractivity contribution in [1.29, 1.82) is 0 Å². The van der Waals surface area contributed by atoms with Crippen molar-refractivity contribution in [2.75, 3.05) is 13.7 Å². The van der Waals surface area contributed by atoms with E-state index < -0.39 is 12.0 Å². The zero-order valence-corrected chi connectivity index (χ0v) is 12.3. The van der Waals surface area contributed by atoms with Crippen LogP contribution in [-0.4, -0.2) is 19.6 Å². The van der Waals surface area contributed by atoms with E-state index in [0.717, 1.165) is 0 Å². The Balaban J connectivity index is 2.41. The van der Waals surface area contributed by atoms with Gasteiger partial charge in [0.25, 0.3) is 0 Å². The van der Waals surface area contributed by atoms with Crippen molar-refractivity contribution in [1.82, 2.24) is 5.32 Å². The van der Waals surface area contributed by atoms with Gasteiger partial charge in [-0.3, -0.25) is 0 Å². The minimum absolute atomic E-state index is 0.100. The molecule has 0 amide bonds. The highest BCUT2D eigenvalue weighted by Crippen LogP contribution is 2.27. The van der Waals surface area contributed by atoms with Crippen molar-refractivity contribution >= 4 is 5.97 Å². The molecule has 2 aromatic rings. The van der Waals surface area contributed by atoms with Gasteiger partial charge in [0.1, 0.15) is 11.6 Å². The third-order valence-electron chi connectivity index (χ3n) is 3.24. The van der Waals surface area contributed by atoms with Crippen LogP contribution in [0.1, 0.15) is 40.4 Å². The van der Waals surface area contributed by atoms with Crippen LogP contribution in [0.2, 0.25) is 0 Å². The smallest absolute Gasteiger partial charge is 0.373 e. The molecule has 0 aliphatic heterocycles. The summed E-state index contributed by atoms with van der Waals surface area (Å²) in [5, 5.41) is 3.17. The van der Waals surface area contributed by atoms with Gasteiger partial charge in [-0.2, -0.15) is 0 Å². The lowest BCUT2D eigenvalue weighted by Gasteiger charge is -2.17. The Kier molecular flexibility index (Phi) is 4.75. The normalized spacial score (nSPS) is 12.2. The number of furan rings is 1. The molecule has 0 saturated carbocycles. The average Bonchev–Trinajstić information content (AvgIpc) is 2.97. The van der Waals surface area contributed by atoms with E-state index in [2.05, 4.69) is 10.1 Å². The van der Waals surface area contributed by atoms with Gasteiger partial charge in [0.05, 0.1) is 13.2 Å². The van der Waals surface area contributed by atoms with Gasteiger partial charge in [-0.05, 0) is 31.2 Å². The predicted octanol–water partition coefficient (Wildman–Crippen LogP) is 3.21. The van der Waals surface area contributed by atoms with Crippen molar-refractivity contribution in [2.24, 2.45) is 0 Å². The first-order valence-corrected chi connectivity index (χ1v) is 6.75. The molecule has 0 spiro atoms. The van der Waals surface area contributed by atoms with Crippen molar-refractivity contribution in [3.63, 3.8) is 0 Å². The Hall–Kier alpha value is -2.14. The third kappa shape index (κ3) is 3.13. The Morgan fingerprint density at radius 1 is 1.38 bits per heavy atom. The van der Waals surface area contributed by atoms with Crippen LogP contribution in [0, 0.1) is 12.7 Å². The summed E-state index contributed by atoms with van der Waals surface area (Å²) in [6, 6.07) is 7.94. The van der Waals surface area contributed by atoms with Crippen LogP contribution in [0.5, 0.6) is 0 Å². The van der Waals surface area contributed by atoms with Gasteiger partial charge < -0.3 is 14.5 Å². The standard InChI is InChI=1S/C16H18FNO3/c1-4-18-15(11-7-5-6-10(2)14(11)17)12-8-9-13(21-12)16(19)20-3/h5-9,15,18H,4H2,1-3H3. The molecule has 0 aliphatic carbocycles. The Bertz CT molecular complexity index is 636. The Labute approximate surface area is 122 Å². The second-order valence-electron chi connectivity index (χ2n) is 4.66. The monoisotopic (exact) mass is 291 g/mol. The number of aryl methyl sites for hydroxylation is 1. The maximum absolute atomic E-state index is 14.3. The van der Waals surface area contributed by atoms with Gasteiger partial charge in [0, 0.05) is 5.56 Å². The molecular formula is C16H18FNO3. The zero-order valence-electron chi connectivity index (χ0n) is 12.3. The third-order valence-corrected chi connectivity index (χ3v) is 3.24. The van der Waals surface area contributed by atoms with Gasteiger partial charge >= 0.3 is 5.97 Å². The molecule has 1 heterocycles. The molecule has 0 saturated heterocycles. The van der Waals surface area contributed by atoms with Crippen molar-refractivity contribution < 1.29 is 18.3 Å². The van der Waals surface area contributed by atoms with Crippen molar-refractivity contribution in [3.8, 4) is 0 Å². The number of esters is 1. The molecule has 0 radical (unpaired) electrons. The molecule has 1 atom stereocenters. The quantitative estimate of drug-likeness (QED) is 0.859. The summed E-state index contributed by atoms with van der Waals surface area (Å²) in [7, 11) is 1.28. The minimum Gasteiger partial charge on any atom is -0.463 e. The van der Waals surface area contributed by atoms with Gasteiger partial charge in [0.15, 0.2) is 0 Å². The fourth-order valence-corrected chi connectivity index (χ4v) is 2.18. The molecule has 0 aliphatic rings. The number of nitrogens with one attached hydrogen (secondary N) is 1. The number of hydrogen-bond acceptors (Lipinski definition) is 4. The van der Waals surface area contributed by atoms with E-state index in [9.17, 15) is 9.18 Å². The van der Waals surface area contributed by atoms with Crippen LogP contribution >= 0.6 is 0 Å². The van der Waals surface area contributed by atoms with Gasteiger partial charge in [-0.25, -0.2) is 9.18 Å². The second kappa shape index (κ2) is 6.54. The number of carbonyl (C=O) groups is 1. The van der Waals surface area contributed by atoms with E-state index in [1.807, 2.05) is 6.92 Å². The van der Waals surface area contributed by atoms with E-state index in [1.165, 1.54) is 13.2 Å². The topological polar surface area (TPSA) is 51.5 Å². The molecule has 0 fully saturated rings. The summed E-state index contributed by atoms with van der Waals surface area (Å²) in [5.41, 5.74) is 1.05. The number of ether oxygens (including phenoxy) is 1. The molecule has 112 valence electrons. The summed E-state index contributed by atoms with van der Waals surface area (Å²) in [5.74, 6) is -0.258. The Morgan fingerprint density at radius 3 is 2.81 bits per heavy atom. The first-order valence-electron chi connectivity index (χ1n) is 6.75. The first-order chi connectivity index (χ1) is 10.1. The highest BCUT2D eigenvalue weighted by atomic mass is 19.1. The summed E-state index contributed by atoms with van der Waals surface area (Å²) >= 11 is 0. The number of carbonyl (C=O) groups excluding carboxylic acids is 1. The molecule has 1 aromatic heterocycles. The highest BCUT2D eigenvalue weighted by Gasteiger charge is 2.22. The fraction of sp³-hybridized carbons (Fsp3) is 0.312. The van der Waals surface area contributed by atoms with Crippen LogP contribution in [0.3, 0.4) is 0 Å². The van der Waals surface area contributed by atoms with Crippen LogP contribution < -0.4 is 5.32 Å². The van der Waals surface area contributed by atoms with Crippen molar-refractivity contribution in [3.05, 3.63) is 58.8 Å². The lowest BCUT2D eigenvalue weighted by molar-refractivity contribution is 0.0562. The fourth-order valence-electron chi connectivity index (χ4n) is 2.18. The summed E-state index contributed by atoms with van der Waals surface area (Å²) < 4.78 is 24.4. The van der Waals surface area contributed by atoms with E-state index in [1.54, 1.807) is 31.2 Å². The number of rotatable bonds is 5. The molecule has 1 aromatic carbocycles. The van der Waals surface area contributed by atoms with Gasteiger partial charge in [-0.1, -0.05) is 25.1 Å². The maximum Gasteiger partial charge on any atom is 0.373 e. The molecule has 0 bridgehead atoms. The predicted molar refractivity (Wildman–Crippen MR) is 76.7 cm³/mol. The maximum atomic E-state index is 14.3. The number of hydrogen-bond donors (Lipinski definition) is 1. The number of benzene rings is 1. The summed E-state index contributed by atoms with van der Waals surface area (Å²) in [6.07, 6.45) is 0. The first kappa shape index (κ1) is 15.3. The molecule has 21 heavy (non-hydrogen) atoms. The lowest BCUT2D eigenvalue weighted by Crippen LogP contribution is -2.22. The Morgan fingerprint density at radius 2 is 2.14 bits per heavy atom. The van der Waals surface area contributed by atoms with Crippen LogP contribution in [0.15, 0.2) is 34.7 Å². The zero-order chi connectivity index (χ0) is 15.4. The molecule has 1 unspecified atom stereocenters. The molecule has 2 rings (SSSR count). The second-order valence-corrected chi connectivity index (χ2v) is 4.66. The largest absolute Gasteiger partial charge is 0.463 e. The SMILES string of the molecule is CCNC(c1ccc(C(=O)OC)o1)c1cccc(C)c1F. The van der Waals surface area contributed by atoms with Crippen molar-refractivity contribution in [2.45, 2.75) is 19.9 Å². The van der Waals surface area contributed by atoms with E-state index >= 15 is 0 Å². The molecule has 1 N–H and O–H groups in total. The van der Waals surface area contributed by atoms with Gasteiger partial charge in [-0.15, -0.1) is 0 Å². The van der Waals surface area contributed by atoms with Crippen LogP contribution in [0.25, 0.3) is 0 Å².